The summed E-state index contributed by atoms with van der Waals surface area (Å²) in [7, 11) is 1.64. The molecule has 0 atom stereocenters. The van der Waals surface area contributed by atoms with Crippen molar-refractivity contribution in [3.8, 4) is 5.75 Å². The Labute approximate surface area is 176 Å². The molecule has 3 rings (SSSR count). The van der Waals surface area contributed by atoms with Gasteiger partial charge in [0.15, 0.2) is 0 Å². The predicted molar refractivity (Wildman–Crippen MR) is 113 cm³/mol. The molecule has 2 amide bonds. The van der Waals surface area contributed by atoms with Crippen molar-refractivity contribution in [1.82, 2.24) is 10.2 Å². The van der Waals surface area contributed by atoms with E-state index in [0.717, 1.165) is 54.6 Å². The molecule has 1 N–H and O–H groups in total. The van der Waals surface area contributed by atoms with Gasteiger partial charge < -0.3 is 15.0 Å². The second kappa shape index (κ2) is 10.3. The first-order chi connectivity index (χ1) is 13.6. The summed E-state index contributed by atoms with van der Waals surface area (Å²) >= 11 is 3.46. The highest BCUT2D eigenvalue weighted by atomic mass is 79.9. The number of piperidine rings is 1. The number of hydrogen-bond donors (Lipinski definition) is 1. The Morgan fingerprint density at radius 2 is 1.86 bits per heavy atom. The van der Waals surface area contributed by atoms with Gasteiger partial charge in [-0.25, -0.2) is 0 Å². The molecule has 1 aliphatic carbocycles. The predicted octanol–water partition coefficient (Wildman–Crippen LogP) is 4.28. The highest BCUT2D eigenvalue weighted by Gasteiger charge is 2.29. The average Bonchev–Trinajstić information content (AvgIpc) is 2.73. The lowest BCUT2D eigenvalue weighted by molar-refractivity contribution is -0.138. The molecule has 1 saturated heterocycles. The van der Waals surface area contributed by atoms with Crippen LogP contribution in [0.2, 0.25) is 0 Å². The topological polar surface area (TPSA) is 58.6 Å². The van der Waals surface area contributed by atoms with Gasteiger partial charge in [-0.05, 0) is 49.8 Å². The Kier molecular flexibility index (Phi) is 7.77. The maximum absolute atomic E-state index is 12.7. The Balaban J connectivity index is 1.41. The quantitative estimate of drug-likeness (QED) is 0.703. The first kappa shape index (κ1) is 21.2. The lowest BCUT2D eigenvalue weighted by atomic mass is 9.87. The van der Waals surface area contributed by atoms with Crippen molar-refractivity contribution in [3.05, 3.63) is 28.2 Å². The first-order valence-electron chi connectivity index (χ1n) is 10.4. The smallest absolute Gasteiger partial charge is 0.225 e. The zero-order valence-electron chi connectivity index (χ0n) is 16.7. The van der Waals surface area contributed by atoms with Crippen LogP contribution >= 0.6 is 15.9 Å². The molecule has 2 fully saturated rings. The molecule has 1 saturated carbocycles. The van der Waals surface area contributed by atoms with Crippen molar-refractivity contribution >= 4 is 27.7 Å². The average molecular weight is 451 g/mol. The number of amides is 2. The fourth-order valence-electron chi connectivity index (χ4n) is 4.38. The van der Waals surface area contributed by atoms with Gasteiger partial charge in [0.2, 0.25) is 11.8 Å². The number of rotatable bonds is 6. The monoisotopic (exact) mass is 450 g/mol. The molecule has 0 spiro atoms. The van der Waals surface area contributed by atoms with Crippen LogP contribution in [0.5, 0.6) is 5.75 Å². The van der Waals surface area contributed by atoms with E-state index in [2.05, 4.69) is 21.2 Å². The van der Waals surface area contributed by atoms with Crippen molar-refractivity contribution in [2.45, 2.75) is 57.9 Å². The van der Waals surface area contributed by atoms with Crippen LogP contribution in [-0.2, 0) is 16.1 Å². The van der Waals surface area contributed by atoms with Crippen LogP contribution in [-0.4, -0.2) is 36.9 Å². The van der Waals surface area contributed by atoms with Gasteiger partial charge in [-0.1, -0.05) is 35.2 Å². The van der Waals surface area contributed by atoms with Gasteiger partial charge in [-0.3, -0.25) is 9.59 Å². The second-order valence-corrected chi connectivity index (χ2v) is 8.96. The second-order valence-electron chi connectivity index (χ2n) is 8.04. The molecule has 0 aromatic heterocycles. The third-order valence-electron chi connectivity index (χ3n) is 6.07. The summed E-state index contributed by atoms with van der Waals surface area (Å²) in [5.41, 5.74) is 0.957. The summed E-state index contributed by atoms with van der Waals surface area (Å²) < 4.78 is 6.32. The molecule has 1 aromatic rings. The Morgan fingerprint density at radius 1 is 1.14 bits per heavy atom. The minimum atomic E-state index is 0.0686. The van der Waals surface area contributed by atoms with Crippen LogP contribution in [0.4, 0.5) is 0 Å². The molecule has 5 nitrogen and oxygen atoms in total. The number of benzene rings is 1. The zero-order chi connectivity index (χ0) is 19.9. The summed E-state index contributed by atoms with van der Waals surface area (Å²) in [6.07, 6.45) is 8.14. The number of likely N-dealkylation sites (tertiary alicyclic amines) is 1. The van der Waals surface area contributed by atoms with Gasteiger partial charge in [0.1, 0.15) is 5.75 Å². The van der Waals surface area contributed by atoms with Crippen LogP contribution < -0.4 is 10.1 Å². The van der Waals surface area contributed by atoms with E-state index in [-0.39, 0.29) is 11.8 Å². The maximum atomic E-state index is 12.7. The molecule has 0 unspecified atom stereocenters. The van der Waals surface area contributed by atoms with E-state index < -0.39 is 0 Å². The highest BCUT2D eigenvalue weighted by Crippen LogP contribution is 2.28. The van der Waals surface area contributed by atoms with Gasteiger partial charge in [-0.2, -0.15) is 0 Å². The van der Waals surface area contributed by atoms with Crippen LogP contribution in [0.1, 0.15) is 56.9 Å². The fraction of sp³-hybridized carbons (Fsp3) is 0.636. The van der Waals surface area contributed by atoms with Gasteiger partial charge in [-0.15, -0.1) is 0 Å². The number of carbonyl (C=O) groups is 2. The van der Waals surface area contributed by atoms with Crippen molar-refractivity contribution in [2.24, 2.45) is 11.8 Å². The molecule has 1 heterocycles. The summed E-state index contributed by atoms with van der Waals surface area (Å²) in [5.74, 6) is 1.80. The number of carbonyl (C=O) groups excluding carboxylic acids is 2. The fourth-order valence-corrected chi connectivity index (χ4v) is 4.79. The Morgan fingerprint density at radius 3 is 2.54 bits per heavy atom. The van der Waals surface area contributed by atoms with Gasteiger partial charge >= 0.3 is 0 Å². The van der Waals surface area contributed by atoms with Gasteiger partial charge in [0, 0.05) is 42.0 Å². The normalized spacial score (nSPS) is 18.7. The minimum absolute atomic E-state index is 0.0686. The molecule has 6 heteroatoms. The van der Waals surface area contributed by atoms with Crippen LogP contribution in [0.3, 0.4) is 0 Å². The van der Waals surface area contributed by atoms with Gasteiger partial charge in [0.25, 0.3) is 0 Å². The van der Waals surface area contributed by atoms with Crippen molar-refractivity contribution in [2.75, 3.05) is 20.2 Å². The number of hydrogen-bond acceptors (Lipinski definition) is 3. The van der Waals surface area contributed by atoms with Crippen molar-refractivity contribution < 1.29 is 14.3 Å². The molecule has 0 bridgehead atoms. The van der Waals surface area contributed by atoms with Crippen LogP contribution in [0.15, 0.2) is 22.7 Å². The number of methoxy groups -OCH3 is 1. The third-order valence-corrected chi connectivity index (χ3v) is 6.57. The molecule has 2 aliphatic rings. The SMILES string of the molecule is COc1ccc(Br)cc1CNC(=O)CC1CCN(C(=O)C2CCCCC2)CC1. The maximum Gasteiger partial charge on any atom is 0.225 e. The number of nitrogens with zero attached hydrogens (tertiary/aromatic N) is 1. The number of halogens is 1. The van der Waals surface area contributed by atoms with Gasteiger partial charge in [0.05, 0.1) is 7.11 Å². The van der Waals surface area contributed by atoms with Crippen LogP contribution in [0, 0.1) is 11.8 Å². The summed E-state index contributed by atoms with van der Waals surface area (Å²) in [5, 5.41) is 3.01. The third kappa shape index (κ3) is 5.72. The van der Waals surface area contributed by atoms with Crippen molar-refractivity contribution in [1.29, 1.82) is 0 Å². The summed E-state index contributed by atoms with van der Waals surface area (Å²) in [6, 6.07) is 5.78. The summed E-state index contributed by atoms with van der Waals surface area (Å²) in [4.78, 5) is 27.1. The zero-order valence-corrected chi connectivity index (χ0v) is 18.3. The Hall–Kier alpha value is -1.56. The lowest BCUT2D eigenvalue weighted by Gasteiger charge is -2.35. The van der Waals surface area contributed by atoms with E-state index in [9.17, 15) is 9.59 Å². The number of ether oxygens (including phenoxy) is 1. The van der Waals surface area contributed by atoms with E-state index in [0.29, 0.717) is 24.8 Å². The minimum Gasteiger partial charge on any atom is -0.496 e. The largest absolute Gasteiger partial charge is 0.496 e. The Bertz CT molecular complexity index is 680. The molecular weight excluding hydrogens is 420 g/mol. The molecular formula is C22H31BrN2O3. The standard InChI is InChI=1S/C22H31BrN2O3/c1-28-20-8-7-19(23)14-18(20)15-24-21(26)13-16-9-11-25(12-10-16)22(27)17-5-3-2-4-6-17/h7-8,14,16-17H,2-6,9-13,15H2,1H3,(H,24,26). The van der Waals surface area contributed by atoms with Crippen LogP contribution in [0.25, 0.3) is 0 Å². The van der Waals surface area contributed by atoms with E-state index in [1.54, 1.807) is 7.11 Å². The summed E-state index contributed by atoms with van der Waals surface area (Å²) in [6.45, 7) is 2.06. The molecule has 154 valence electrons. The molecule has 1 aliphatic heterocycles. The molecule has 28 heavy (non-hydrogen) atoms. The van der Waals surface area contributed by atoms with Crippen molar-refractivity contribution in [3.63, 3.8) is 0 Å². The lowest BCUT2D eigenvalue weighted by Crippen LogP contribution is -2.43. The van der Waals surface area contributed by atoms with E-state index in [4.69, 9.17) is 4.74 Å². The van der Waals surface area contributed by atoms with E-state index >= 15 is 0 Å². The van der Waals surface area contributed by atoms with E-state index in [1.807, 2.05) is 23.1 Å². The molecule has 1 aromatic carbocycles. The molecule has 0 radical (unpaired) electrons. The number of nitrogens with one attached hydrogen (secondary N) is 1. The van der Waals surface area contributed by atoms with E-state index in [1.165, 1.54) is 19.3 Å². The highest BCUT2D eigenvalue weighted by molar-refractivity contribution is 9.10. The first-order valence-corrected chi connectivity index (χ1v) is 11.2.